The molecule has 96 valence electrons. The third-order valence-corrected chi connectivity index (χ3v) is 3.42. The molecule has 0 bridgehead atoms. The maximum absolute atomic E-state index is 11.2. The van der Waals surface area contributed by atoms with Gasteiger partial charge < -0.3 is 0 Å². The van der Waals surface area contributed by atoms with Crippen molar-refractivity contribution in [1.29, 1.82) is 0 Å². The number of carbonyl (C=O) groups excluding carboxylic acids is 2. The average molecular weight is 293 g/mol. The van der Waals surface area contributed by atoms with Crippen LogP contribution in [0.1, 0.15) is 27.6 Å². The number of ketones is 1. The van der Waals surface area contributed by atoms with E-state index < -0.39 is 5.24 Å². The van der Waals surface area contributed by atoms with Gasteiger partial charge in [-0.05, 0) is 30.2 Å². The Morgan fingerprint density at radius 2 is 1.63 bits per heavy atom. The van der Waals surface area contributed by atoms with Crippen molar-refractivity contribution >= 4 is 34.2 Å². The maximum Gasteiger partial charge on any atom is 0.253 e. The number of halogens is 2. The van der Waals surface area contributed by atoms with Gasteiger partial charge in [-0.1, -0.05) is 48.0 Å². The van der Waals surface area contributed by atoms with Gasteiger partial charge in [0.1, 0.15) is 0 Å². The smallest absolute Gasteiger partial charge is 0.253 e. The highest BCUT2D eigenvalue weighted by Crippen LogP contribution is 2.31. The third kappa shape index (κ3) is 2.86. The monoisotopic (exact) mass is 292 g/mol. The van der Waals surface area contributed by atoms with E-state index in [0.717, 1.165) is 5.56 Å². The van der Waals surface area contributed by atoms with Crippen molar-refractivity contribution in [2.45, 2.75) is 6.92 Å². The molecule has 0 atom stereocenters. The normalized spacial score (nSPS) is 10.3. The van der Waals surface area contributed by atoms with Gasteiger partial charge in [0.2, 0.25) is 0 Å². The van der Waals surface area contributed by atoms with Crippen molar-refractivity contribution in [1.82, 2.24) is 0 Å². The fourth-order valence-electron chi connectivity index (χ4n) is 1.79. The van der Waals surface area contributed by atoms with Gasteiger partial charge in [-0.2, -0.15) is 0 Å². The molecule has 0 saturated carbocycles. The standard InChI is InChI=1S/C15H10Cl2O2/c1-9(18)10-5-7-11(8-6-10)12-3-2-4-13(14(12)16)15(17)19/h2-8H,1H3. The zero-order valence-electron chi connectivity index (χ0n) is 10.1. The molecule has 0 aliphatic heterocycles. The number of benzene rings is 2. The van der Waals surface area contributed by atoms with E-state index in [2.05, 4.69) is 0 Å². The van der Waals surface area contributed by atoms with Gasteiger partial charge in [0.05, 0.1) is 10.6 Å². The summed E-state index contributed by atoms with van der Waals surface area (Å²) in [6.45, 7) is 1.51. The van der Waals surface area contributed by atoms with Crippen LogP contribution in [-0.4, -0.2) is 11.0 Å². The largest absolute Gasteiger partial charge is 0.295 e. The molecule has 0 unspecified atom stereocenters. The number of hydrogen-bond donors (Lipinski definition) is 0. The minimum Gasteiger partial charge on any atom is -0.295 e. The fraction of sp³-hybridized carbons (Fsp3) is 0.0667. The molecule has 2 aromatic rings. The highest BCUT2D eigenvalue weighted by atomic mass is 35.5. The van der Waals surface area contributed by atoms with Crippen molar-refractivity contribution in [3.8, 4) is 11.1 Å². The van der Waals surface area contributed by atoms with E-state index in [0.29, 0.717) is 16.1 Å². The molecule has 0 spiro atoms. The fourth-order valence-corrected chi connectivity index (χ4v) is 2.32. The number of Topliss-reactive ketones (excluding diaryl/α,β-unsaturated/α-hetero) is 1. The van der Waals surface area contributed by atoms with Crippen LogP contribution in [0.25, 0.3) is 11.1 Å². The van der Waals surface area contributed by atoms with Crippen LogP contribution in [0.5, 0.6) is 0 Å². The summed E-state index contributed by atoms with van der Waals surface area (Å²) < 4.78 is 0. The number of rotatable bonds is 3. The summed E-state index contributed by atoms with van der Waals surface area (Å²) in [5.74, 6) is 0.00216. The molecule has 0 amide bonds. The molecule has 0 fully saturated rings. The molecule has 4 heteroatoms. The molecule has 2 aromatic carbocycles. The minimum atomic E-state index is -0.591. The average Bonchev–Trinajstić information content (AvgIpc) is 2.38. The van der Waals surface area contributed by atoms with Crippen molar-refractivity contribution in [3.05, 3.63) is 58.6 Å². The SMILES string of the molecule is CC(=O)c1ccc(-c2cccc(C(=O)Cl)c2Cl)cc1. The lowest BCUT2D eigenvalue weighted by Gasteiger charge is -2.07. The Morgan fingerprint density at radius 1 is 1.00 bits per heavy atom. The Hall–Kier alpha value is -1.64. The van der Waals surface area contributed by atoms with Gasteiger partial charge in [0.15, 0.2) is 5.78 Å². The second kappa shape index (κ2) is 5.55. The van der Waals surface area contributed by atoms with Crippen LogP contribution < -0.4 is 0 Å². The lowest BCUT2D eigenvalue weighted by atomic mass is 10.0. The van der Waals surface area contributed by atoms with Crippen LogP contribution in [0.2, 0.25) is 5.02 Å². The Kier molecular flexibility index (Phi) is 4.03. The van der Waals surface area contributed by atoms with E-state index >= 15 is 0 Å². The molecule has 0 radical (unpaired) electrons. The van der Waals surface area contributed by atoms with E-state index in [-0.39, 0.29) is 11.3 Å². The molecule has 19 heavy (non-hydrogen) atoms. The van der Waals surface area contributed by atoms with Crippen molar-refractivity contribution in [2.24, 2.45) is 0 Å². The molecule has 2 nitrogen and oxygen atoms in total. The summed E-state index contributed by atoms with van der Waals surface area (Å²) in [7, 11) is 0. The van der Waals surface area contributed by atoms with Crippen molar-refractivity contribution in [2.75, 3.05) is 0 Å². The van der Waals surface area contributed by atoms with E-state index in [1.165, 1.54) is 6.92 Å². The summed E-state index contributed by atoms with van der Waals surface area (Å²) in [6.07, 6.45) is 0. The summed E-state index contributed by atoms with van der Waals surface area (Å²) >= 11 is 11.6. The van der Waals surface area contributed by atoms with E-state index in [9.17, 15) is 9.59 Å². The third-order valence-electron chi connectivity index (χ3n) is 2.81. The molecule has 0 aromatic heterocycles. The van der Waals surface area contributed by atoms with E-state index in [1.54, 1.807) is 42.5 Å². The molecule has 0 aliphatic carbocycles. The highest BCUT2D eigenvalue weighted by molar-refractivity contribution is 6.69. The first kappa shape index (κ1) is 13.8. The summed E-state index contributed by atoms with van der Waals surface area (Å²) in [6, 6.07) is 12.1. The molecular formula is C15H10Cl2O2. The second-order valence-electron chi connectivity index (χ2n) is 4.07. The van der Waals surface area contributed by atoms with Crippen LogP contribution in [0, 0.1) is 0 Å². The first-order valence-corrected chi connectivity index (χ1v) is 6.36. The highest BCUT2D eigenvalue weighted by Gasteiger charge is 2.12. The van der Waals surface area contributed by atoms with Crippen LogP contribution in [0.3, 0.4) is 0 Å². The first-order valence-electron chi connectivity index (χ1n) is 5.60. The van der Waals surface area contributed by atoms with Crippen LogP contribution >= 0.6 is 23.2 Å². The van der Waals surface area contributed by atoms with Gasteiger partial charge in [-0.3, -0.25) is 9.59 Å². The lowest BCUT2D eigenvalue weighted by Crippen LogP contribution is -1.94. The Bertz CT molecular complexity index is 646. The number of carbonyl (C=O) groups is 2. The zero-order valence-corrected chi connectivity index (χ0v) is 11.6. The molecule has 0 aliphatic rings. The summed E-state index contributed by atoms with van der Waals surface area (Å²) in [5.41, 5.74) is 2.44. The van der Waals surface area contributed by atoms with Crippen molar-refractivity contribution < 1.29 is 9.59 Å². The van der Waals surface area contributed by atoms with Crippen LogP contribution in [0.15, 0.2) is 42.5 Å². The molecule has 2 rings (SSSR count). The van der Waals surface area contributed by atoms with Gasteiger partial charge in [0.25, 0.3) is 5.24 Å². The topological polar surface area (TPSA) is 34.1 Å². The Morgan fingerprint density at radius 3 is 2.16 bits per heavy atom. The Labute approximate surface area is 121 Å². The maximum atomic E-state index is 11.2. The first-order chi connectivity index (χ1) is 9.00. The Balaban J connectivity index is 2.50. The van der Waals surface area contributed by atoms with Gasteiger partial charge in [-0.25, -0.2) is 0 Å². The molecule has 0 N–H and O–H groups in total. The predicted molar refractivity (Wildman–Crippen MR) is 77.1 cm³/mol. The van der Waals surface area contributed by atoms with E-state index in [4.69, 9.17) is 23.2 Å². The second-order valence-corrected chi connectivity index (χ2v) is 4.80. The van der Waals surface area contributed by atoms with Gasteiger partial charge in [-0.15, -0.1) is 0 Å². The quantitative estimate of drug-likeness (QED) is 0.612. The zero-order chi connectivity index (χ0) is 14.0. The summed E-state index contributed by atoms with van der Waals surface area (Å²) in [4.78, 5) is 22.4. The molecular weight excluding hydrogens is 283 g/mol. The number of hydrogen-bond acceptors (Lipinski definition) is 2. The van der Waals surface area contributed by atoms with Crippen LogP contribution in [0.4, 0.5) is 0 Å². The predicted octanol–water partition coefficient (Wildman–Crippen LogP) is 4.59. The van der Waals surface area contributed by atoms with Gasteiger partial charge >= 0.3 is 0 Å². The summed E-state index contributed by atoms with van der Waals surface area (Å²) in [5, 5.41) is -0.273. The molecule has 0 saturated heterocycles. The van der Waals surface area contributed by atoms with Crippen molar-refractivity contribution in [3.63, 3.8) is 0 Å². The molecule has 0 heterocycles. The van der Waals surface area contributed by atoms with E-state index in [1.807, 2.05) is 0 Å². The van der Waals surface area contributed by atoms with Gasteiger partial charge in [0, 0.05) is 11.1 Å². The van der Waals surface area contributed by atoms with Crippen LogP contribution in [-0.2, 0) is 0 Å². The minimum absolute atomic E-state index is 0.00216. The lowest BCUT2D eigenvalue weighted by molar-refractivity contribution is 0.101.